The first-order valence-corrected chi connectivity index (χ1v) is 7.29. The summed E-state index contributed by atoms with van der Waals surface area (Å²) >= 11 is 0. The van der Waals surface area contributed by atoms with Gasteiger partial charge in [-0.2, -0.15) is 0 Å². The predicted octanol–water partition coefficient (Wildman–Crippen LogP) is 4.35. The summed E-state index contributed by atoms with van der Waals surface area (Å²) < 4.78 is 6.03. The number of anilines is 1. The molecule has 1 aromatic rings. The van der Waals surface area contributed by atoms with Gasteiger partial charge in [0.15, 0.2) is 0 Å². The largest absolute Gasteiger partial charge is 0.382 e. The monoisotopic (exact) mass is 261 g/mol. The molecule has 0 amide bonds. The zero-order chi connectivity index (χ0) is 14.1. The molecule has 0 saturated carbocycles. The average molecular weight is 261 g/mol. The van der Waals surface area contributed by atoms with Crippen LogP contribution >= 0.6 is 0 Å². The molecule has 1 aliphatic rings. The third kappa shape index (κ3) is 3.73. The van der Waals surface area contributed by atoms with Crippen LogP contribution in [0.3, 0.4) is 0 Å². The van der Waals surface area contributed by atoms with Crippen LogP contribution in [0.2, 0.25) is 0 Å². The van der Waals surface area contributed by atoms with E-state index in [0.717, 1.165) is 19.4 Å². The van der Waals surface area contributed by atoms with E-state index >= 15 is 0 Å². The molecule has 0 bridgehead atoms. The quantitative estimate of drug-likeness (QED) is 0.873. The summed E-state index contributed by atoms with van der Waals surface area (Å²) in [4.78, 5) is 0. The van der Waals surface area contributed by atoms with E-state index in [-0.39, 0.29) is 11.0 Å². The summed E-state index contributed by atoms with van der Waals surface area (Å²) in [5, 5.41) is 3.57. The molecular weight excluding hydrogens is 234 g/mol. The minimum Gasteiger partial charge on any atom is -0.382 e. The van der Waals surface area contributed by atoms with E-state index in [0.29, 0.717) is 6.10 Å². The smallest absolute Gasteiger partial charge is 0.0755 e. The van der Waals surface area contributed by atoms with Gasteiger partial charge in [-0.25, -0.2) is 0 Å². The molecule has 19 heavy (non-hydrogen) atoms. The van der Waals surface area contributed by atoms with Crippen LogP contribution in [0.15, 0.2) is 24.3 Å². The van der Waals surface area contributed by atoms with Crippen molar-refractivity contribution in [3.8, 4) is 0 Å². The Morgan fingerprint density at radius 3 is 2.53 bits per heavy atom. The van der Waals surface area contributed by atoms with Crippen LogP contribution in [0.1, 0.15) is 53.0 Å². The fourth-order valence-corrected chi connectivity index (χ4v) is 2.74. The highest BCUT2D eigenvalue weighted by Crippen LogP contribution is 2.32. The standard InChI is InChI=1S/C17H27NO/c1-16(2,3)14-8-6-7-9-15(14)18-12-13-10-11-17(4,5)19-13/h6-9,13,18H,10-12H2,1-5H3. The van der Waals surface area contributed by atoms with Crippen LogP contribution in [0, 0.1) is 0 Å². The molecule has 1 N–H and O–H groups in total. The van der Waals surface area contributed by atoms with Gasteiger partial charge in [0.05, 0.1) is 11.7 Å². The highest BCUT2D eigenvalue weighted by molar-refractivity contribution is 5.54. The van der Waals surface area contributed by atoms with Crippen molar-refractivity contribution < 1.29 is 4.74 Å². The van der Waals surface area contributed by atoms with Gasteiger partial charge >= 0.3 is 0 Å². The number of nitrogens with one attached hydrogen (secondary N) is 1. The van der Waals surface area contributed by atoms with E-state index in [1.165, 1.54) is 11.3 Å². The van der Waals surface area contributed by atoms with Gasteiger partial charge in [0, 0.05) is 12.2 Å². The van der Waals surface area contributed by atoms with Crippen molar-refractivity contribution in [1.29, 1.82) is 0 Å². The van der Waals surface area contributed by atoms with Crippen LogP contribution < -0.4 is 5.32 Å². The van der Waals surface area contributed by atoms with Crippen LogP contribution in [0.25, 0.3) is 0 Å². The van der Waals surface area contributed by atoms with Gasteiger partial charge in [-0.1, -0.05) is 39.0 Å². The highest BCUT2D eigenvalue weighted by atomic mass is 16.5. The van der Waals surface area contributed by atoms with E-state index < -0.39 is 0 Å². The minimum atomic E-state index is 0.0515. The summed E-state index contributed by atoms with van der Waals surface area (Å²) in [5.41, 5.74) is 2.82. The Kier molecular flexibility index (Phi) is 3.91. The molecule has 1 atom stereocenters. The normalized spacial score (nSPS) is 22.5. The van der Waals surface area contributed by atoms with Crippen molar-refractivity contribution >= 4 is 5.69 Å². The van der Waals surface area contributed by atoms with Crippen molar-refractivity contribution in [2.24, 2.45) is 0 Å². The zero-order valence-corrected chi connectivity index (χ0v) is 12.9. The number of ether oxygens (including phenoxy) is 1. The van der Waals surface area contributed by atoms with Crippen LogP contribution in [0.5, 0.6) is 0 Å². The van der Waals surface area contributed by atoms with Gasteiger partial charge in [-0.05, 0) is 43.7 Å². The summed E-state index contributed by atoms with van der Waals surface area (Å²) in [7, 11) is 0. The molecule has 0 radical (unpaired) electrons. The molecule has 106 valence electrons. The van der Waals surface area contributed by atoms with E-state index in [1.54, 1.807) is 0 Å². The van der Waals surface area contributed by atoms with Gasteiger partial charge in [0.1, 0.15) is 0 Å². The Hall–Kier alpha value is -1.02. The highest BCUT2D eigenvalue weighted by Gasteiger charge is 2.31. The molecule has 2 nitrogen and oxygen atoms in total. The van der Waals surface area contributed by atoms with E-state index in [4.69, 9.17) is 4.74 Å². The fourth-order valence-electron chi connectivity index (χ4n) is 2.74. The maximum absolute atomic E-state index is 6.03. The lowest BCUT2D eigenvalue weighted by Gasteiger charge is -2.25. The number of hydrogen-bond donors (Lipinski definition) is 1. The molecule has 1 aliphatic heterocycles. The van der Waals surface area contributed by atoms with E-state index in [9.17, 15) is 0 Å². The Morgan fingerprint density at radius 2 is 1.95 bits per heavy atom. The SMILES string of the molecule is CC1(C)CCC(CNc2ccccc2C(C)(C)C)O1. The van der Waals surface area contributed by atoms with Gasteiger partial charge in [-0.3, -0.25) is 0 Å². The first-order valence-electron chi connectivity index (χ1n) is 7.29. The molecule has 2 heteroatoms. The van der Waals surface area contributed by atoms with Crippen LogP contribution in [0.4, 0.5) is 5.69 Å². The average Bonchev–Trinajstić information content (AvgIpc) is 2.66. The second-order valence-electron chi connectivity index (χ2n) is 7.21. The van der Waals surface area contributed by atoms with Crippen molar-refractivity contribution in [1.82, 2.24) is 0 Å². The molecular formula is C17H27NO. The lowest BCUT2D eigenvalue weighted by Crippen LogP contribution is -2.25. The second-order valence-corrected chi connectivity index (χ2v) is 7.21. The molecule has 0 aliphatic carbocycles. The van der Waals surface area contributed by atoms with E-state index in [2.05, 4.69) is 64.2 Å². The van der Waals surface area contributed by atoms with Crippen molar-refractivity contribution in [2.75, 3.05) is 11.9 Å². The van der Waals surface area contributed by atoms with Gasteiger partial charge < -0.3 is 10.1 Å². The van der Waals surface area contributed by atoms with Gasteiger partial charge in [-0.15, -0.1) is 0 Å². The first-order chi connectivity index (χ1) is 8.78. The summed E-state index contributed by atoms with van der Waals surface area (Å²) in [6.07, 6.45) is 2.64. The Bertz CT molecular complexity index is 431. The van der Waals surface area contributed by atoms with Crippen molar-refractivity contribution in [3.63, 3.8) is 0 Å². The van der Waals surface area contributed by atoms with E-state index in [1.807, 2.05) is 0 Å². The minimum absolute atomic E-state index is 0.0515. The lowest BCUT2D eigenvalue weighted by atomic mass is 9.86. The topological polar surface area (TPSA) is 21.3 Å². The fraction of sp³-hybridized carbons (Fsp3) is 0.647. The Morgan fingerprint density at radius 1 is 1.26 bits per heavy atom. The molecule has 1 heterocycles. The first kappa shape index (κ1) is 14.4. The molecule has 0 aromatic heterocycles. The molecule has 1 aromatic carbocycles. The molecule has 1 unspecified atom stereocenters. The molecule has 2 rings (SSSR count). The Balaban J connectivity index is 2.01. The van der Waals surface area contributed by atoms with Gasteiger partial charge in [0.25, 0.3) is 0 Å². The maximum atomic E-state index is 6.03. The molecule has 1 saturated heterocycles. The summed E-state index contributed by atoms with van der Waals surface area (Å²) in [6.45, 7) is 12.0. The lowest BCUT2D eigenvalue weighted by molar-refractivity contribution is -0.00912. The second kappa shape index (κ2) is 5.16. The maximum Gasteiger partial charge on any atom is 0.0755 e. The number of hydrogen-bond acceptors (Lipinski definition) is 2. The van der Waals surface area contributed by atoms with Crippen LogP contribution in [-0.2, 0) is 10.2 Å². The number of rotatable bonds is 3. The Labute approximate surface area is 117 Å². The van der Waals surface area contributed by atoms with Gasteiger partial charge in [0.2, 0.25) is 0 Å². The number of para-hydroxylation sites is 1. The summed E-state index contributed by atoms with van der Waals surface area (Å²) in [6, 6.07) is 8.58. The molecule has 0 spiro atoms. The third-order valence-electron chi connectivity index (χ3n) is 3.81. The predicted molar refractivity (Wildman–Crippen MR) is 81.8 cm³/mol. The third-order valence-corrected chi connectivity index (χ3v) is 3.81. The molecule has 1 fully saturated rings. The van der Waals surface area contributed by atoms with Crippen molar-refractivity contribution in [3.05, 3.63) is 29.8 Å². The zero-order valence-electron chi connectivity index (χ0n) is 12.9. The summed E-state index contributed by atoms with van der Waals surface area (Å²) in [5.74, 6) is 0. The van der Waals surface area contributed by atoms with Crippen molar-refractivity contribution in [2.45, 2.75) is 64.6 Å². The van der Waals surface area contributed by atoms with Crippen LogP contribution in [-0.4, -0.2) is 18.2 Å². The number of benzene rings is 1.